The number of carbonyl (C=O) groups excluding carboxylic acids is 2. The lowest BCUT2D eigenvalue weighted by atomic mass is 9.97. The highest BCUT2D eigenvalue weighted by atomic mass is 16.2. The average Bonchev–Trinajstić information content (AvgIpc) is 2.98. The first kappa shape index (κ1) is 13.9. The highest BCUT2D eigenvalue weighted by molar-refractivity contribution is 6.00. The second-order valence-corrected chi connectivity index (χ2v) is 5.87. The Bertz CT molecular complexity index is 756. The Morgan fingerprint density at radius 1 is 1.13 bits per heavy atom. The van der Waals surface area contributed by atoms with E-state index >= 15 is 0 Å². The van der Waals surface area contributed by atoms with Crippen LogP contribution in [0, 0.1) is 5.92 Å². The lowest BCUT2D eigenvalue weighted by Gasteiger charge is -2.39. The lowest BCUT2D eigenvalue weighted by molar-refractivity contribution is -0.126. The van der Waals surface area contributed by atoms with Crippen LogP contribution in [0.4, 0.5) is 5.69 Å². The van der Waals surface area contributed by atoms with Gasteiger partial charge >= 0.3 is 0 Å². The van der Waals surface area contributed by atoms with Crippen molar-refractivity contribution in [3.05, 3.63) is 54.1 Å². The van der Waals surface area contributed by atoms with Gasteiger partial charge in [0.15, 0.2) is 0 Å². The molecule has 6 heteroatoms. The van der Waals surface area contributed by atoms with Gasteiger partial charge in [-0.2, -0.15) is 0 Å². The van der Waals surface area contributed by atoms with Crippen LogP contribution in [0.1, 0.15) is 16.1 Å². The van der Waals surface area contributed by atoms with Gasteiger partial charge in [0.2, 0.25) is 5.91 Å². The molecule has 0 aliphatic carbocycles. The molecule has 2 aromatic rings. The largest absolute Gasteiger partial charge is 0.336 e. The van der Waals surface area contributed by atoms with E-state index in [1.807, 2.05) is 23.1 Å². The normalized spacial score (nSPS) is 16.9. The fourth-order valence-electron chi connectivity index (χ4n) is 3.16. The van der Waals surface area contributed by atoms with E-state index in [1.165, 1.54) is 24.2 Å². The van der Waals surface area contributed by atoms with Crippen LogP contribution in [-0.2, 0) is 11.2 Å². The first-order chi connectivity index (χ1) is 11.2. The minimum atomic E-state index is -0.163. The number of fused-ring (bicyclic) bond motifs is 1. The van der Waals surface area contributed by atoms with Crippen LogP contribution in [0.5, 0.6) is 0 Å². The molecule has 2 aliphatic heterocycles. The predicted molar refractivity (Wildman–Crippen MR) is 83.9 cm³/mol. The Balaban J connectivity index is 1.41. The number of hydrogen-bond acceptors (Lipinski definition) is 4. The molecule has 2 aliphatic rings. The number of aromatic nitrogens is 2. The molecule has 0 radical (unpaired) electrons. The Labute approximate surface area is 133 Å². The van der Waals surface area contributed by atoms with Crippen molar-refractivity contribution in [3.8, 4) is 0 Å². The molecule has 4 rings (SSSR count). The van der Waals surface area contributed by atoms with Gasteiger partial charge in [-0.05, 0) is 18.1 Å². The number of anilines is 1. The van der Waals surface area contributed by atoms with E-state index in [2.05, 4.69) is 16.0 Å². The van der Waals surface area contributed by atoms with Gasteiger partial charge in [0.1, 0.15) is 5.69 Å². The molecule has 116 valence electrons. The van der Waals surface area contributed by atoms with Gasteiger partial charge < -0.3 is 9.80 Å². The van der Waals surface area contributed by atoms with Gasteiger partial charge in [-0.1, -0.05) is 18.2 Å². The molecule has 2 amide bonds. The zero-order valence-electron chi connectivity index (χ0n) is 12.6. The van der Waals surface area contributed by atoms with Gasteiger partial charge in [0.05, 0.1) is 12.1 Å². The zero-order chi connectivity index (χ0) is 15.8. The van der Waals surface area contributed by atoms with E-state index in [1.54, 1.807) is 4.90 Å². The summed E-state index contributed by atoms with van der Waals surface area (Å²) in [7, 11) is 0. The summed E-state index contributed by atoms with van der Waals surface area (Å²) in [4.78, 5) is 36.3. The fourth-order valence-corrected chi connectivity index (χ4v) is 3.16. The minimum Gasteiger partial charge on any atom is -0.336 e. The Morgan fingerprint density at radius 2 is 1.96 bits per heavy atom. The van der Waals surface area contributed by atoms with Crippen LogP contribution in [0.2, 0.25) is 0 Å². The van der Waals surface area contributed by atoms with Crippen molar-refractivity contribution >= 4 is 17.5 Å². The van der Waals surface area contributed by atoms with Crippen molar-refractivity contribution in [1.29, 1.82) is 0 Å². The molecule has 0 unspecified atom stereocenters. The molecule has 1 aromatic carbocycles. The monoisotopic (exact) mass is 308 g/mol. The molecular formula is C17H16N4O2. The van der Waals surface area contributed by atoms with Crippen LogP contribution in [0.3, 0.4) is 0 Å². The summed E-state index contributed by atoms with van der Waals surface area (Å²) in [5.41, 5.74) is 2.55. The second-order valence-electron chi connectivity index (χ2n) is 5.87. The fraction of sp³-hybridized carbons (Fsp3) is 0.294. The van der Waals surface area contributed by atoms with Crippen LogP contribution in [0.25, 0.3) is 0 Å². The van der Waals surface area contributed by atoms with Gasteiger partial charge in [0, 0.05) is 37.7 Å². The predicted octanol–water partition coefficient (Wildman–Crippen LogP) is 1.14. The maximum absolute atomic E-state index is 12.7. The number of benzene rings is 1. The molecule has 1 saturated heterocycles. The summed E-state index contributed by atoms with van der Waals surface area (Å²) < 4.78 is 0. The van der Waals surface area contributed by atoms with Gasteiger partial charge in [-0.15, -0.1) is 0 Å². The standard InChI is InChI=1S/C17H16N4O2/c22-16(21-8-5-12-3-1-2-4-15(12)21)13-10-20(11-13)17(23)14-9-18-6-7-19-14/h1-4,6-7,9,13H,5,8,10-11H2. The van der Waals surface area contributed by atoms with Crippen molar-refractivity contribution in [3.63, 3.8) is 0 Å². The van der Waals surface area contributed by atoms with E-state index in [0.29, 0.717) is 18.8 Å². The molecule has 0 saturated carbocycles. The first-order valence-corrected chi connectivity index (χ1v) is 7.68. The molecule has 0 atom stereocenters. The Kier molecular flexibility index (Phi) is 3.29. The minimum absolute atomic E-state index is 0.109. The van der Waals surface area contributed by atoms with Gasteiger partial charge in [-0.25, -0.2) is 4.98 Å². The van der Waals surface area contributed by atoms with E-state index in [0.717, 1.165) is 18.7 Å². The SMILES string of the molecule is O=C(c1cnccn1)N1CC(C(=O)N2CCc3ccccc32)C1. The molecule has 1 fully saturated rings. The summed E-state index contributed by atoms with van der Waals surface area (Å²) in [6.45, 7) is 1.63. The average molecular weight is 308 g/mol. The highest BCUT2D eigenvalue weighted by Gasteiger charge is 2.40. The maximum Gasteiger partial charge on any atom is 0.274 e. The summed E-state index contributed by atoms with van der Waals surface area (Å²) in [6.07, 6.45) is 5.38. The third kappa shape index (κ3) is 2.36. The van der Waals surface area contributed by atoms with Crippen LogP contribution >= 0.6 is 0 Å². The van der Waals surface area contributed by atoms with Crippen molar-refractivity contribution in [2.45, 2.75) is 6.42 Å². The third-order valence-corrected chi connectivity index (χ3v) is 4.45. The smallest absolute Gasteiger partial charge is 0.274 e. The summed E-state index contributed by atoms with van der Waals surface area (Å²) in [5.74, 6) is -0.177. The molecule has 0 bridgehead atoms. The summed E-state index contributed by atoms with van der Waals surface area (Å²) in [6, 6.07) is 8.00. The molecule has 23 heavy (non-hydrogen) atoms. The van der Waals surface area contributed by atoms with E-state index in [4.69, 9.17) is 0 Å². The zero-order valence-corrected chi connectivity index (χ0v) is 12.6. The number of hydrogen-bond donors (Lipinski definition) is 0. The van der Waals surface area contributed by atoms with Crippen molar-refractivity contribution in [1.82, 2.24) is 14.9 Å². The molecule has 3 heterocycles. The summed E-state index contributed by atoms with van der Waals surface area (Å²) in [5, 5.41) is 0. The number of para-hydroxylation sites is 1. The molecular weight excluding hydrogens is 292 g/mol. The van der Waals surface area contributed by atoms with Crippen LogP contribution in [0.15, 0.2) is 42.9 Å². The second kappa shape index (κ2) is 5.46. The Hall–Kier alpha value is -2.76. The topological polar surface area (TPSA) is 66.4 Å². The van der Waals surface area contributed by atoms with E-state index in [9.17, 15) is 9.59 Å². The number of nitrogens with zero attached hydrogens (tertiary/aromatic N) is 4. The lowest BCUT2D eigenvalue weighted by Crippen LogP contribution is -2.56. The van der Waals surface area contributed by atoms with Crippen LogP contribution in [-0.4, -0.2) is 46.3 Å². The first-order valence-electron chi connectivity index (χ1n) is 7.68. The van der Waals surface area contributed by atoms with Gasteiger partial charge in [0.25, 0.3) is 5.91 Å². The molecule has 0 spiro atoms. The van der Waals surface area contributed by atoms with Crippen LogP contribution < -0.4 is 4.90 Å². The molecule has 0 N–H and O–H groups in total. The summed E-state index contributed by atoms with van der Waals surface area (Å²) >= 11 is 0. The van der Waals surface area contributed by atoms with E-state index in [-0.39, 0.29) is 17.7 Å². The quantitative estimate of drug-likeness (QED) is 0.834. The molecule has 6 nitrogen and oxygen atoms in total. The van der Waals surface area contributed by atoms with Crippen molar-refractivity contribution in [2.75, 3.05) is 24.5 Å². The third-order valence-electron chi connectivity index (χ3n) is 4.45. The van der Waals surface area contributed by atoms with E-state index < -0.39 is 0 Å². The number of rotatable bonds is 2. The Morgan fingerprint density at radius 3 is 2.74 bits per heavy atom. The van der Waals surface area contributed by atoms with Crippen molar-refractivity contribution < 1.29 is 9.59 Å². The van der Waals surface area contributed by atoms with Gasteiger partial charge in [-0.3, -0.25) is 14.6 Å². The number of amides is 2. The highest BCUT2D eigenvalue weighted by Crippen LogP contribution is 2.30. The number of carbonyl (C=O) groups is 2. The molecule has 1 aromatic heterocycles. The number of likely N-dealkylation sites (tertiary alicyclic amines) is 1. The van der Waals surface area contributed by atoms with Crippen molar-refractivity contribution in [2.24, 2.45) is 5.92 Å². The maximum atomic E-state index is 12.7.